The van der Waals surface area contributed by atoms with Crippen LogP contribution in [-0.2, 0) is 9.53 Å². The third-order valence-electron chi connectivity index (χ3n) is 5.81. The normalized spacial score (nSPS) is 18.3. The van der Waals surface area contributed by atoms with Crippen molar-refractivity contribution in [2.45, 2.75) is 44.6 Å². The fourth-order valence-corrected chi connectivity index (χ4v) is 4.50. The monoisotopic (exact) mass is 510 g/mol. The molecule has 1 amide bonds. The van der Waals surface area contributed by atoms with Crippen LogP contribution in [0.25, 0.3) is 11.3 Å². The average Bonchev–Trinajstić information content (AvgIpc) is 3.24. The number of pyridine rings is 1. The number of ether oxygens (including phenoxy) is 1. The van der Waals surface area contributed by atoms with Crippen molar-refractivity contribution >= 4 is 40.0 Å². The van der Waals surface area contributed by atoms with E-state index >= 15 is 0 Å². The summed E-state index contributed by atoms with van der Waals surface area (Å²) in [4.78, 5) is 18.6. The highest BCUT2D eigenvalue weighted by molar-refractivity contribution is 14.1. The Hall–Kier alpha value is -2.30. The zero-order valence-electron chi connectivity index (χ0n) is 16.9. The van der Waals surface area contributed by atoms with Crippen LogP contribution in [0.15, 0.2) is 42.5 Å². The van der Waals surface area contributed by atoms with E-state index in [-0.39, 0.29) is 12.0 Å². The minimum atomic E-state index is -0.227. The van der Waals surface area contributed by atoms with Crippen LogP contribution in [0.2, 0.25) is 0 Å². The number of carbonyl (C=O) groups excluding carboxylic acids is 1. The maximum Gasteiger partial charge on any atom is 0.308 e. The summed E-state index contributed by atoms with van der Waals surface area (Å²) < 4.78 is 6.82. The first kappa shape index (κ1) is 19.7. The van der Waals surface area contributed by atoms with Gasteiger partial charge in [0.1, 0.15) is 11.9 Å². The van der Waals surface area contributed by atoms with Gasteiger partial charge in [-0.25, -0.2) is 0 Å². The van der Waals surface area contributed by atoms with Gasteiger partial charge in [-0.1, -0.05) is 18.1 Å². The molecule has 0 bridgehead atoms. The Morgan fingerprint density at radius 1 is 1.20 bits per heavy atom. The smallest absolute Gasteiger partial charge is 0.308 e. The molecule has 1 N–H and O–H groups in total. The molecule has 4 nitrogen and oxygen atoms in total. The summed E-state index contributed by atoms with van der Waals surface area (Å²) >= 11 is 2.38. The zero-order chi connectivity index (χ0) is 20.7. The second-order valence-corrected chi connectivity index (χ2v) is 9.25. The van der Waals surface area contributed by atoms with E-state index in [0.717, 1.165) is 47.8 Å². The zero-order valence-corrected chi connectivity index (χ0v) is 19.0. The number of H-pyrrole nitrogens is 1. The van der Waals surface area contributed by atoms with Crippen LogP contribution >= 0.6 is 22.6 Å². The van der Waals surface area contributed by atoms with Gasteiger partial charge in [0.05, 0.1) is 5.69 Å². The minimum Gasteiger partial charge on any atom is -0.366 e. The number of aromatic amines is 1. The number of nitrogens with zero attached hydrogens (tertiary/aromatic N) is 1. The lowest BCUT2D eigenvalue weighted by atomic mass is 10.0. The van der Waals surface area contributed by atoms with E-state index in [1.165, 1.54) is 22.0 Å². The highest BCUT2D eigenvalue weighted by Gasteiger charge is 2.31. The van der Waals surface area contributed by atoms with Crippen LogP contribution in [0.4, 0.5) is 11.5 Å². The summed E-state index contributed by atoms with van der Waals surface area (Å²) in [5, 5.41) is 0. The molecule has 0 unspecified atom stereocenters. The Balaban J connectivity index is 1.62. The average molecular weight is 510 g/mol. The molecule has 0 radical (unpaired) electrons. The number of aromatic nitrogens is 1. The van der Waals surface area contributed by atoms with E-state index < -0.39 is 0 Å². The van der Waals surface area contributed by atoms with Crippen molar-refractivity contribution in [3.8, 4) is 23.1 Å². The Kier molecular flexibility index (Phi) is 5.30. The molecule has 5 rings (SSSR count). The van der Waals surface area contributed by atoms with E-state index in [1.54, 1.807) is 4.90 Å². The van der Waals surface area contributed by atoms with Gasteiger partial charge in [-0.15, -0.1) is 0 Å². The Morgan fingerprint density at radius 3 is 2.83 bits per heavy atom. The Morgan fingerprint density at radius 2 is 2.07 bits per heavy atom. The van der Waals surface area contributed by atoms with Gasteiger partial charge in [-0.3, -0.25) is 9.69 Å². The molecule has 2 heterocycles. The molecule has 1 aromatic rings. The van der Waals surface area contributed by atoms with Crippen molar-refractivity contribution in [3.05, 3.63) is 57.2 Å². The minimum absolute atomic E-state index is 0.140. The van der Waals surface area contributed by atoms with Crippen molar-refractivity contribution < 1.29 is 9.53 Å². The van der Waals surface area contributed by atoms with Crippen LogP contribution in [0.1, 0.15) is 42.7 Å². The van der Waals surface area contributed by atoms with Crippen LogP contribution < -0.4 is 4.90 Å². The molecule has 1 atom stereocenters. The predicted molar refractivity (Wildman–Crippen MR) is 127 cm³/mol. The molecule has 2 fully saturated rings. The van der Waals surface area contributed by atoms with Crippen LogP contribution in [0.3, 0.4) is 0 Å². The predicted octanol–water partition coefficient (Wildman–Crippen LogP) is 5.76. The van der Waals surface area contributed by atoms with E-state index in [9.17, 15) is 4.79 Å². The standard InChI is InChI=1S/C25H23IN2O2/c1-16-14-23(20(15-21(16)26)17-7-8-17)28(25(29)12-10-19-5-3-13-30-19)24-11-9-18-4-2-6-22(18)27-24/h2,4,6,9,11,14-15,17,19,27H,3,5,7-8,13H2,1H3/t19-/m1/s1. The van der Waals surface area contributed by atoms with Crippen molar-refractivity contribution in [2.24, 2.45) is 0 Å². The molecule has 30 heavy (non-hydrogen) atoms. The highest BCUT2D eigenvalue weighted by Crippen LogP contribution is 2.46. The Bertz CT molecular complexity index is 1130. The molecule has 5 heteroatoms. The fraction of sp³-hybridized carbons (Fsp3) is 0.320. The fourth-order valence-electron chi connectivity index (χ4n) is 4.01. The molecule has 2 aliphatic heterocycles. The van der Waals surface area contributed by atoms with Crippen molar-refractivity contribution in [3.63, 3.8) is 0 Å². The maximum atomic E-state index is 13.4. The van der Waals surface area contributed by atoms with Crippen LogP contribution in [0.5, 0.6) is 0 Å². The second-order valence-electron chi connectivity index (χ2n) is 8.08. The lowest BCUT2D eigenvalue weighted by Gasteiger charge is -2.25. The molecule has 0 spiro atoms. The van der Waals surface area contributed by atoms with E-state index in [4.69, 9.17) is 4.74 Å². The van der Waals surface area contributed by atoms with Gasteiger partial charge in [0, 0.05) is 15.9 Å². The second kappa shape index (κ2) is 8.09. The first-order valence-corrected chi connectivity index (χ1v) is 11.5. The Labute approximate surface area is 190 Å². The van der Waals surface area contributed by atoms with Gasteiger partial charge >= 0.3 is 5.91 Å². The first-order valence-electron chi connectivity index (χ1n) is 10.4. The van der Waals surface area contributed by atoms with Gasteiger partial charge < -0.3 is 9.72 Å². The number of halogens is 1. The van der Waals surface area contributed by atoms with E-state index in [2.05, 4.69) is 64.5 Å². The topological polar surface area (TPSA) is 45.3 Å². The van der Waals surface area contributed by atoms with Crippen molar-refractivity contribution in [2.75, 3.05) is 11.5 Å². The summed E-state index contributed by atoms with van der Waals surface area (Å²) in [5.74, 6) is 6.94. The summed E-state index contributed by atoms with van der Waals surface area (Å²) in [5.41, 5.74) is 5.46. The number of hydrogen-bond acceptors (Lipinski definition) is 2. The van der Waals surface area contributed by atoms with Crippen molar-refractivity contribution in [1.29, 1.82) is 0 Å². The van der Waals surface area contributed by atoms with Gasteiger partial charge in [0.2, 0.25) is 0 Å². The maximum absolute atomic E-state index is 13.4. The lowest BCUT2D eigenvalue weighted by molar-refractivity contribution is -0.112. The third kappa shape index (κ3) is 3.86. The van der Waals surface area contributed by atoms with E-state index in [1.807, 2.05) is 24.3 Å². The molecule has 152 valence electrons. The summed E-state index contributed by atoms with van der Waals surface area (Å²) in [6, 6.07) is 14.5. The van der Waals surface area contributed by atoms with Crippen molar-refractivity contribution in [1.82, 2.24) is 4.98 Å². The number of hydrogen-bond donors (Lipinski definition) is 1. The molecular weight excluding hydrogens is 487 g/mol. The van der Waals surface area contributed by atoms with Crippen LogP contribution in [-0.4, -0.2) is 23.6 Å². The van der Waals surface area contributed by atoms with Gasteiger partial charge in [0.25, 0.3) is 0 Å². The van der Waals surface area contributed by atoms with Gasteiger partial charge in [-0.2, -0.15) is 0 Å². The number of amides is 1. The number of nitrogens with one attached hydrogen (secondary N) is 1. The first-order chi connectivity index (χ1) is 14.6. The lowest BCUT2D eigenvalue weighted by Crippen LogP contribution is -2.27. The quantitative estimate of drug-likeness (QED) is 0.360. The number of aryl methyl sites for hydroxylation is 1. The largest absolute Gasteiger partial charge is 0.366 e. The summed E-state index contributed by atoms with van der Waals surface area (Å²) in [6.45, 7) is 2.81. The molecule has 0 aromatic heterocycles. The van der Waals surface area contributed by atoms with Gasteiger partial charge in [-0.05, 0) is 114 Å². The highest BCUT2D eigenvalue weighted by atomic mass is 127. The number of benzene rings is 1. The number of anilines is 2. The SMILES string of the molecule is Cc1cc(N(C(=O)C#C[C@H]2CCCO2)c2ccc3cccc-3[nH]2)c(C2CC2)cc1I. The number of fused-ring (bicyclic) bond motifs is 1. The summed E-state index contributed by atoms with van der Waals surface area (Å²) in [6.07, 6.45) is 4.09. The number of rotatable bonds is 3. The molecule has 4 aliphatic rings. The molecule has 1 aromatic carbocycles. The third-order valence-corrected chi connectivity index (χ3v) is 6.98. The molecular formula is C25H23IN2O2. The number of carbonyl (C=O) groups is 1. The molecule has 2 aliphatic carbocycles. The van der Waals surface area contributed by atoms with Crippen LogP contribution in [0, 0.1) is 22.3 Å². The molecule has 1 saturated carbocycles. The van der Waals surface area contributed by atoms with Gasteiger partial charge in [0.15, 0.2) is 0 Å². The van der Waals surface area contributed by atoms with E-state index in [0.29, 0.717) is 5.92 Å². The molecule has 1 saturated heterocycles. The summed E-state index contributed by atoms with van der Waals surface area (Å²) in [7, 11) is 0.